The molecule has 0 amide bonds. The second kappa shape index (κ2) is 8.05. The predicted molar refractivity (Wildman–Crippen MR) is 82.7 cm³/mol. The average molecular weight is 280 g/mol. The molecule has 2 saturated carbocycles. The summed E-state index contributed by atoms with van der Waals surface area (Å²) in [5.41, 5.74) is 0. The first-order valence-electron chi connectivity index (χ1n) is 8.87. The molecule has 0 radical (unpaired) electrons. The molecule has 2 aliphatic carbocycles. The number of unbranched alkanes of at least 4 members (excludes halogenated alkanes) is 3. The third-order valence-corrected chi connectivity index (χ3v) is 5.74. The van der Waals surface area contributed by atoms with Crippen LogP contribution in [-0.4, -0.2) is 11.1 Å². The quantitative estimate of drug-likeness (QED) is 0.645. The maximum Gasteiger partial charge on any atom is 0.303 e. The van der Waals surface area contributed by atoms with Crippen LogP contribution in [0.3, 0.4) is 0 Å². The summed E-state index contributed by atoms with van der Waals surface area (Å²) in [4.78, 5) is 10.4. The molecule has 0 saturated heterocycles. The fourth-order valence-corrected chi connectivity index (χ4v) is 4.55. The Labute approximate surface area is 124 Å². The van der Waals surface area contributed by atoms with Crippen LogP contribution in [0.2, 0.25) is 0 Å². The second-order valence-corrected chi connectivity index (χ2v) is 7.46. The SMILES string of the molecule is CC1CCC2CC(CCCCCCC(=O)O)CCC2C1. The predicted octanol–water partition coefficient (Wildman–Crippen LogP) is 5.26. The summed E-state index contributed by atoms with van der Waals surface area (Å²) in [6.45, 7) is 2.43. The van der Waals surface area contributed by atoms with E-state index < -0.39 is 5.97 Å². The van der Waals surface area contributed by atoms with E-state index in [0.29, 0.717) is 6.42 Å². The van der Waals surface area contributed by atoms with Gasteiger partial charge in [-0.05, 0) is 55.8 Å². The standard InChI is InChI=1S/C18H32O2/c1-14-8-10-17-13-15(9-11-16(17)12-14)6-4-2-3-5-7-18(19)20/h14-17H,2-13H2,1H3,(H,19,20). The number of carbonyl (C=O) groups is 1. The van der Waals surface area contributed by atoms with E-state index in [0.717, 1.165) is 36.5 Å². The van der Waals surface area contributed by atoms with Crippen molar-refractivity contribution >= 4 is 5.97 Å². The molecule has 0 heterocycles. The zero-order valence-corrected chi connectivity index (χ0v) is 13.2. The van der Waals surface area contributed by atoms with Crippen LogP contribution in [0.5, 0.6) is 0 Å². The van der Waals surface area contributed by atoms with Gasteiger partial charge in [0.15, 0.2) is 0 Å². The van der Waals surface area contributed by atoms with Crippen LogP contribution in [0.4, 0.5) is 0 Å². The Hall–Kier alpha value is -0.530. The molecule has 0 spiro atoms. The first-order valence-corrected chi connectivity index (χ1v) is 8.87. The summed E-state index contributed by atoms with van der Waals surface area (Å²) in [5, 5.41) is 8.60. The van der Waals surface area contributed by atoms with Crippen molar-refractivity contribution in [2.75, 3.05) is 0 Å². The maximum atomic E-state index is 10.4. The summed E-state index contributed by atoms with van der Waals surface area (Å²) >= 11 is 0. The molecule has 2 nitrogen and oxygen atoms in total. The molecule has 20 heavy (non-hydrogen) atoms. The van der Waals surface area contributed by atoms with Gasteiger partial charge in [-0.1, -0.05) is 45.4 Å². The number of hydrogen-bond donors (Lipinski definition) is 1. The van der Waals surface area contributed by atoms with Crippen LogP contribution < -0.4 is 0 Å². The number of hydrogen-bond acceptors (Lipinski definition) is 1. The third-order valence-electron chi connectivity index (χ3n) is 5.74. The fourth-order valence-electron chi connectivity index (χ4n) is 4.55. The van der Waals surface area contributed by atoms with Crippen LogP contribution in [0.25, 0.3) is 0 Å². The van der Waals surface area contributed by atoms with E-state index in [1.165, 1.54) is 57.8 Å². The Kier molecular flexibility index (Phi) is 6.38. The smallest absolute Gasteiger partial charge is 0.303 e. The van der Waals surface area contributed by atoms with Gasteiger partial charge in [0.1, 0.15) is 0 Å². The van der Waals surface area contributed by atoms with Gasteiger partial charge in [0, 0.05) is 6.42 Å². The number of aliphatic carboxylic acids is 1. The van der Waals surface area contributed by atoms with Gasteiger partial charge in [-0.2, -0.15) is 0 Å². The molecule has 0 aromatic carbocycles. The second-order valence-electron chi connectivity index (χ2n) is 7.46. The lowest BCUT2D eigenvalue weighted by molar-refractivity contribution is -0.137. The molecule has 116 valence electrons. The molecule has 0 aromatic heterocycles. The summed E-state index contributed by atoms with van der Waals surface area (Å²) in [5.74, 6) is 3.39. The summed E-state index contributed by atoms with van der Waals surface area (Å²) in [6.07, 6.45) is 15.1. The van der Waals surface area contributed by atoms with Crippen molar-refractivity contribution in [3.05, 3.63) is 0 Å². The number of carboxylic acids is 1. The molecule has 2 rings (SSSR count). The molecule has 1 N–H and O–H groups in total. The average Bonchev–Trinajstić information content (AvgIpc) is 2.42. The molecule has 2 heteroatoms. The van der Waals surface area contributed by atoms with Crippen LogP contribution in [0.1, 0.15) is 84.0 Å². The van der Waals surface area contributed by atoms with E-state index in [4.69, 9.17) is 5.11 Å². The minimum absolute atomic E-state index is 0.353. The van der Waals surface area contributed by atoms with Crippen molar-refractivity contribution in [1.29, 1.82) is 0 Å². The van der Waals surface area contributed by atoms with E-state index in [2.05, 4.69) is 6.92 Å². The lowest BCUT2D eigenvalue weighted by Crippen LogP contribution is -2.30. The number of rotatable bonds is 7. The Morgan fingerprint density at radius 1 is 0.950 bits per heavy atom. The van der Waals surface area contributed by atoms with Gasteiger partial charge >= 0.3 is 5.97 Å². The van der Waals surface area contributed by atoms with Gasteiger partial charge in [-0.3, -0.25) is 4.79 Å². The Morgan fingerprint density at radius 2 is 1.65 bits per heavy atom. The minimum atomic E-state index is -0.644. The molecule has 0 aromatic rings. The highest BCUT2D eigenvalue weighted by molar-refractivity contribution is 5.66. The number of carboxylic acid groups (broad SMARTS) is 1. The zero-order chi connectivity index (χ0) is 14.4. The minimum Gasteiger partial charge on any atom is -0.481 e. The number of fused-ring (bicyclic) bond motifs is 1. The van der Waals surface area contributed by atoms with Crippen LogP contribution in [-0.2, 0) is 4.79 Å². The molecule has 2 fully saturated rings. The van der Waals surface area contributed by atoms with E-state index in [-0.39, 0.29) is 0 Å². The molecule has 4 atom stereocenters. The van der Waals surface area contributed by atoms with Crippen LogP contribution in [0.15, 0.2) is 0 Å². The molecule has 0 aliphatic heterocycles. The summed E-state index contributed by atoms with van der Waals surface area (Å²) < 4.78 is 0. The lowest BCUT2D eigenvalue weighted by atomic mass is 9.64. The Bertz CT molecular complexity index is 300. The van der Waals surface area contributed by atoms with Gasteiger partial charge < -0.3 is 5.11 Å². The van der Waals surface area contributed by atoms with Gasteiger partial charge in [0.25, 0.3) is 0 Å². The molecular weight excluding hydrogens is 248 g/mol. The van der Waals surface area contributed by atoms with Gasteiger partial charge in [-0.25, -0.2) is 0 Å². The molecule has 2 aliphatic rings. The Morgan fingerprint density at radius 3 is 2.45 bits per heavy atom. The molecular formula is C18H32O2. The first-order chi connectivity index (χ1) is 9.65. The van der Waals surface area contributed by atoms with Crippen molar-refractivity contribution in [2.24, 2.45) is 23.7 Å². The monoisotopic (exact) mass is 280 g/mol. The normalized spacial score (nSPS) is 33.6. The van der Waals surface area contributed by atoms with Crippen molar-refractivity contribution in [1.82, 2.24) is 0 Å². The van der Waals surface area contributed by atoms with Crippen molar-refractivity contribution in [2.45, 2.75) is 84.0 Å². The van der Waals surface area contributed by atoms with Crippen molar-refractivity contribution < 1.29 is 9.90 Å². The zero-order valence-electron chi connectivity index (χ0n) is 13.2. The van der Waals surface area contributed by atoms with E-state index in [1.807, 2.05) is 0 Å². The highest BCUT2D eigenvalue weighted by atomic mass is 16.4. The van der Waals surface area contributed by atoms with Crippen molar-refractivity contribution in [3.63, 3.8) is 0 Å². The largest absolute Gasteiger partial charge is 0.481 e. The van der Waals surface area contributed by atoms with Gasteiger partial charge in [-0.15, -0.1) is 0 Å². The van der Waals surface area contributed by atoms with E-state index in [9.17, 15) is 4.79 Å². The lowest BCUT2D eigenvalue weighted by Gasteiger charge is -2.41. The maximum absolute atomic E-state index is 10.4. The highest BCUT2D eigenvalue weighted by Crippen LogP contribution is 2.45. The first kappa shape index (κ1) is 15.9. The molecule has 4 unspecified atom stereocenters. The van der Waals surface area contributed by atoms with Crippen molar-refractivity contribution in [3.8, 4) is 0 Å². The van der Waals surface area contributed by atoms with Crippen LogP contribution >= 0.6 is 0 Å². The third kappa shape index (κ3) is 5.10. The van der Waals surface area contributed by atoms with Gasteiger partial charge in [0.05, 0.1) is 0 Å². The topological polar surface area (TPSA) is 37.3 Å². The summed E-state index contributed by atoms with van der Waals surface area (Å²) in [6, 6.07) is 0. The molecule has 0 bridgehead atoms. The van der Waals surface area contributed by atoms with E-state index >= 15 is 0 Å². The van der Waals surface area contributed by atoms with Crippen LogP contribution in [0, 0.1) is 23.7 Å². The van der Waals surface area contributed by atoms with E-state index in [1.54, 1.807) is 0 Å². The fraction of sp³-hybridized carbons (Fsp3) is 0.944. The van der Waals surface area contributed by atoms with Gasteiger partial charge in [0.2, 0.25) is 0 Å². The summed E-state index contributed by atoms with van der Waals surface area (Å²) in [7, 11) is 0. The Balaban J connectivity index is 1.55. The highest BCUT2D eigenvalue weighted by Gasteiger charge is 2.33.